The van der Waals surface area contributed by atoms with E-state index in [1.54, 1.807) is 12.1 Å². The summed E-state index contributed by atoms with van der Waals surface area (Å²) in [5.74, 6) is 0.420. The van der Waals surface area contributed by atoms with Crippen LogP contribution in [-0.2, 0) is 0 Å². The van der Waals surface area contributed by atoms with Crippen molar-refractivity contribution in [1.29, 1.82) is 0 Å². The highest BCUT2D eigenvalue weighted by Crippen LogP contribution is 2.26. The maximum Gasteiger partial charge on any atom is 0.156 e. The van der Waals surface area contributed by atoms with Gasteiger partial charge in [-0.1, -0.05) is 0 Å². The van der Waals surface area contributed by atoms with E-state index in [1.165, 1.54) is 12.1 Å². The summed E-state index contributed by atoms with van der Waals surface area (Å²) in [4.78, 5) is 6.21. The van der Waals surface area contributed by atoms with Crippen LogP contribution in [0.25, 0.3) is 0 Å². The number of nitrogen functional groups attached to an aromatic ring is 1. The Bertz CT molecular complexity index is 523. The Morgan fingerprint density at radius 3 is 2.41 bits per heavy atom. The van der Waals surface area contributed by atoms with Crippen molar-refractivity contribution in [1.82, 2.24) is 4.98 Å². The molecule has 0 aliphatic carbocycles. The maximum atomic E-state index is 12.8. The predicted molar refractivity (Wildman–Crippen MR) is 67.8 cm³/mol. The number of halogens is 1. The van der Waals surface area contributed by atoms with Crippen LogP contribution in [0.15, 0.2) is 36.4 Å². The van der Waals surface area contributed by atoms with E-state index in [4.69, 9.17) is 5.73 Å². The van der Waals surface area contributed by atoms with E-state index in [2.05, 4.69) is 4.98 Å². The first-order valence-electron chi connectivity index (χ1n) is 5.30. The fourth-order valence-electron chi connectivity index (χ4n) is 1.61. The molecule has 2 N–H and O–H groups in total. The lowest BCUT2D eigenvalue weighted by molar-refractivity contribution is 0.628. The summed E-state index contributed by atoms with van der Waals surface area (Å²) in [5.41, 5.74) is 8.21. The second kappa shape index (κ2) is 4.41. The van der Waals surface area contributed by atoms with Gasteiger partial charge >= 0.3 is 0 Å². The van der Waals surface area contributed by atoms with Gasteiger partial charge in [0.05, 0.1) is 5.69 Å². The van der Waals surface area contributed by atoms with Gasteiger partial charge in [-0.05, 0) is 43.3 Å². The molecule has 0 saturated heterocycles. The maximum absolute atomic E-state index is 12.8. The first-order valence-corrected chi connectivity index (χ1v) is 5.30. The standard InChI is InChI=1S/C13H14FN3/c1-9-3-8-12(15)13(16-9)17(2)11-6-4-10(14)5-7-11/h3-8H,15H2,1-2H3. The van der Waals surface area contributed by atoms with Crippen molar-refractivity contribution in [3.05, 3.63) is 47.9 Å². The molecule has 3 nitrogen and oxygen atoms in total. The van der Waals surface area contributed by atoms with Gasteiger partial charge in [-0.25, -0.2) is 9.37 Å². The summed E-state index contributed by atoms with van der Waals surface area (Å²) in [6.45, 7) is 1.90. The van der Waals surface area contributed by atoms with E-state index in [0.29, 0.717) is 11.5 Å². The number of benzene rings is 1. The van der Waals surface area contributed by atoms with E-state index in [-0.39, 0.29) is 5.82 Å². The Kier molecular flexibility index (Phi) is 2.95. The van der Waals surface area contributed by atoms with Crippen molar-refractivity contribution < 1.29 is 4.39 Å². The Hall–Kier alpha value is -2.10. The summed E-state index contributed by atoms with van der Waals surface area (Å²) in [5, 5.41) is 0. The van der Waals surface area contributed by atoms with Crippen molar-refractivity contribution in [2.45, 2.75) is 6.92 Å². The Morgan fingerprint density at radius 2 is 1.76 bits per heavy atom. The molecule has 0 unspecified atom stereocenters. The molecule has 0 atom stereocenters. The van der Waals surface area contributed by atoms with Crippen molar-refractivity contribution in [3.63, 3.8) is 0 Å². The van der Waals surface area contributed by atoms with E-state index < -0.39 is 0 Å². The number of nitrogens with zero attached hydrogens (tertiary/aromatic N) is 2. The number of nitrogens with two attached hydrogens (primary N) is 1. The zero-order valence-electron chi connectivity index (χ0n) is 9.81. The zero-order chi connectivity index (χ0) is 12.4. The lowest BCUT2D eigenvalue weighted by Crippen LogP contribution is -2.13. The van der Waals surface area contributed by atoms with Gasteiger partial charge in [0.1, 0.15) is 5.82 Å². The lowest BCUT2D eigenvalue weighted by atomic mass is 10.2. The molecule has 0 fully saturated rings. The molecule has 0 amide bonds. The summed E-state index contributed by atoms with van der Waals surface area (Å²) in [6.07, 6.45) is 0. The Morgan fingerprint density at radius 1 is 1.12 bits per heavy atom. The van der Waals surface area contributed by atoms with Crippen LogP contribution in [-0.4, -0.2) is 12.0 Å². The van der Waals surface area contributed by atoms with Crippen LogP contribution in [0, 0.1) is 12.7 Å². The Balaban J connectivity index is 2.39. The van der Waals surface area contributed by atoms with Crippen LogP contribution >= 0.6 is 0 Å². The molecule has 1 heterocycles. The third-order valence-corrected chi connectivity index (χ3v) is 2.58. The first kappa shape index (κ1) is 11.4. The second-order valence-electron chi connectivity index (χ2n) is 3.90. The number of aryl methyl sites for hydroxylation is 1. The second-order valence-corrected chi connectivity index (χ2v) is 3.90. The fourth-order valence-corrected chi connectivity index (χ4v) is 1.61. The quantitative estimate of drug-likeness (QED) is 0.864. The third-order valence-electron chi connectivity index (χ3n) is 2.58. The minimum Gasteiger partial charge on any atom is -0.396 e. The van der Waals surface area contributed by atoms with Crippen molar-refractivity contribution in [3.8, 4) is 0 Å². The summed E-state index contributed by atoms with van der Waals surface area (Å²) >= 11 is 0. The minimum atomic E-state index is -0.257. The van der Waals surface area contributed by atoms with Gasteiger partial charge in [0.2, 0.25) is 0 Å². The van der Waals surface area contributed by atoms with Gasteiger partial charge in [-0.2, -0.15) is 0 Å². The topological polar surface area (TPSA) is 42.1 Å². The number of hydrogen-bond donors (Lipinski definition) is 1. The molecule has 1 aromatic heterocycles. The first-order chi connectivity index (χ1) is 8.08. The highest BCUT2D eigenvalue weighted by Gasteiger charge is 2.09. The molecular weight excluding hydrogens is 217 g/mol. The molecule has 17 heavy (non-hydrogen) atoms. The summed E-state index contributed by atoms with van der Waals surface area (Å²) in [7, 11) is 1.85. The fraction of sp³-hybridized carbons (Fsp3) is 0.154. The molecule has 2 rings (SSSR count). The number of rotatable bonds is 2. The van der Waals surface area contributed by atoms with Crippen LogP contribution < -0.4 is 10.6 Å². The van der Waals surface area contributed by atoms with Crippen LogP contribution in [0.3, 0.4) is 0 Å². The molecule has 0 aliphatic rings. The molecule has 4 heteroatoms. The molecule has 2 aromatic rings. The van der Waals surface area contributed by atoms with Crippen LogP contribution in [0.4, 0.5) is 21.6 Å². The van der Waals surface area contributed by atoms with E-state index in [0.717, 1.165) is 11.4 Å². The lowest BCUT2D eigenvalue weighted by Gasteiger charge is -2.20. The smallest absolute Gasteiger partial charge is 0.156 e. The number of pyridine rings is 1. The van der Waals surface area contributed by atoms with E-state index in [9.17, 15) is 4.39 Å². The zero-order valence-corrected chi connectivity index (χ0v) is 9.81. The van der Waals surface area contributed by atoms with Crippen molar-refractivity contribution in [2.75, 3.05) is 17.7 Å². The highest BCUT2D eigenvalue weighted by atomic mass is 19.1. The predicted octanol–water partition coefficient (Wildman–Crippen LogP) is 2.88. The Labute approximate surface area is 99.7 Å². The van der Waals surface area contributed by atoms with Crippen LogP contribution in [0.1, 0.15) is 5.69 Å². The number of aromatic nitrogens is 1. The van der Waals surface area contributed by atoms with Crippen molar-refractivity contribution >= 4 is 17.2 Å². The number of anilines is 3. The average molecular weight is 231 g/mol. The highest BCUT2D eigenvalue weighted by molar-refractivity contribution is 5.70. The molecule has 88 valence electrons. The van der Waals surface area contributed by atoms with Crippen LogP contribution in [0.5, 0.6) is 0 Å². The monoisotopic (exact) mass is 231 g/mol. The van der Waals surface area contributed by atoms with Gasteiger partial charge in [0, 0.05) is 18.4 Å². The molecular formula is C13H14FN3. The third kappa shape index (κ3) is 2.36. The minimum absolute atomic E-state index is 0.257. The molecule has 0 aliphatic heterocycles. The van der Waals surface area contributed by atoms with Gasteiger partial charge in [0.15, 0.2) is 5.82 Å². The molecule has 1 aromatic carbocycles. The SMILES string of the molecule is Cc1ccc(N)c(N(C)c2ccc(F)cc2)n1. The van der Waals surface area contributed by atoms with Crippen LogP contribution in [0.2, 0.25) is 0 Å². The normalized spacial score (nSPS) is 10.3. The largest absolute Gasteiger partial charge is 0.396 e. The van der Waals surface area contributed by atoms with Crippen molar-refractivity contribution in [2.24, 2.45) is 0 Å². The molecule has 0 radical (unpaired) electrons. The summed E-state index contributed by atoms with van der Waals surface area (Å²) < 4.78 is 12.8. The van der Waals surface area contributed by atoms with E-state index in [1.807, 2.05) is 31.0 Å². The molecule has 0 spiro atoms. The summed E-state index contributed by atoms with van der Waals surface area (Å²) in [6, 6.07) is 9.89. The van der Waals surface area contributed by atoms with Gasteiger partial charge in [-0.15, -0.1) is 0 Å². The van der Waals surface area contributed by atoms with E-state index >= 15 is 0 Å². The molecule has 0 saturated carbocycles. The average Bonchev–Trinajstić information content (AvgIpc) is 2.32. The van der Waals surface area contributed by atoms with Gasteiger partial charge < -0.3 is 10.6 Å². The van der Waals surface area contributed by atoms with Gasteiger partial charge in [-0.3, -0.25) is 0 Å². The number of hydrogen-bond acceptors (Lipinski definition) is 3. The molecule has 0 bridgehead atoms. The van der Waals surface area contributed by atoms with Gasteiger partial charge in [0.25, 0.3) is 0 Å².